The Bertz CT molecular complexity index is 882. The highest BCUT2D eigenvalue weighted by atomic mass is 32.2. The van der Waals surface area contributed by atoms with Gasteiger partial charge in [-0.05, 0) is 45.9 Å². The lowest BCUT2D eigenvalue weighted by Gasteiger charge is -2.24. The standard InChI is InChI=1S/C18H23N5O3S/c1-10-7-11(2)20-17(19-10)23-13(4)14(12(3)22-23)8-15(24)21-18(16(25)26)5-6-27-9-18/h7H,5-6,8-9H2,1-4H3,(H,21,24)(H,25,26). The average Bonchev–Trinajstić information content (AvgIpc) is 3.15. The topological polar surface area (TPSA) is 110 Å². The second kappa shape index (κ2) is 7.30. The molecule has 3 heterocycles. The molecular weight excluding hydrogens is 366 g/mol. The van der Waals surface area contributed by atoms with E-state index in [-0.39, 0.29) is 12.3 Å². The molecule has 3 rings (SSSR count). The first-order chi connectivity index (χ1) is 12.7. The molecule has 27 heavy (non-hydrogen) atoms. The molecule has 1 atom stereocenters. The number of thioether (sulfide) groups is 1. The molecule has 0 radical (unpaired) electrons. The molecule has 8 nitrogen and oxygen atoms in total. The Kier molecular flexibility index (Phi) is 5.23. The first-order valence-electron chi connectivity index (χ1n) is 8.72. The third kappa shape index (κ3) is 3.83. The normalized spacial score (nSPS) is 19.3. The van der Waals surface area contributed by atoms with E-state index in [2.05, 4.69) is 20.4 Å². The number of carboxylic acids is 1. The maximum absolute atomic E-state index is 12.6. The quantitative estimate of drug-likeness (QED) is 0.797. The molecule has 0 aliphatic carbocycles. The van der Waals surface area contributed by atoms with Crippen molar-refractivity contribution in [2.45, 2.75) is 46.1 Å². The molecule has 0 aromatic carbocycles. The van der Waals surface area contributed by atoms with E-state index in [1.807, 2.05) is 33.8 Å². The first-order valence-corrected chi connectivity index (χ1v) is 9.87. The van der Waals surface area contributed by atoms with Crippen LogP contribution in [0.2, 0.25) is 0 Å². The van der Waals surface area contributed by atoms with Gasteiger partial charge in [0.05, 0.1) is 12.1 Å². The number of rotatable bonds is 5. The number of aryl methyl sites for hydroxylation is 3. The number of carboxylic acid groups (broad SMARTS) is 1. The number of amides is 1. The Balaban J connectivity index is 1.84. The molecule has 0 bridgehead atoms. The van der Waals surface area contributed by atoms with Gasteiger partial charge < -0.3 is 10.4 Å². The highest BCUT2D eigenvalue weighted by molar-refractivity contribution is 7.99. The van der Waals surface area contributed by atoms with Gasteiger partial charge in [-0.1, -0.05) is 0 Å². The molecule has 1 amide bonds. The lowest BCUT2D eigenvalue weighted by atomic mass is 9.98. The molecule has 1 fully saturated rings. The van der Waals surface area contributed by atoms with Crippen molar-refractivity contribution in [1.82, 2.24) is 25.1 Å². The zero-order chi connectivity index (χ0) is 19.8. The summed E-state index contributed by atoms with van der Waals surface area (Å²) in [5.74, 6) is 0.295. The van der Waals surface area contributed by atoms with Gasteiger partial charge in [-0.2, -0.15) is 16.9 Å². The Morgan fingerprint density at radius 2 is 1.93 bits per heavy atom. The van der Waals surface area contributed by atoms with Gasteiger partial charge in [0.25, 0.3) is 5.95 Å². The predicted octanol–water partition coefficient (Wildman–Crippen LogP) is 1.51. The summed E-state index contributed by atoms with van der Waals surface area (Å²) >= 11 is 1.54. The van der Waals surface area contributed by atoms with Crippen molar-refractivity contribution in [2.75, 3.05) is 11.5 Å². The zero-order valence-corrected chi connectivity index (χ0v) is 16.7. The SMILES string of the molecule is Cc1cc(C)nc(-n2nc(C)c(CC(=O)NC3(C(=O)O)CCSC3)c2C)n1. The minimum Gasteiger partial charge on any atom is -0.479 e. The number of nitrogens with zero attached hydrogens (tertiary/aromatic N) is 4. The molecule has 2 aromatic heterocycles. The summed E-state index contributed by atoms with van der Waals surface area (Å²) in [6.07, 6.45) is 0.508. The van der Waals surface area contributed by atoms with Crippen LogP contribution in [0.3, 0.4) is 0 Å². The van der Waals surface area contributed by atoms with E-state index in [1.54, 1.807) is 4.68 Å². The third-order valence-corrected chi connectivity index (χ3v) is 5.94. The second-order valence-electron chi connectivity index (χ2n) is 6.93. The van der Waals surface area contributed by atoms with Gasteiger partial charge in [-0.15, -0.1) is 0 Å². The van der Waals surface area contributed by atoms with Crippen molar-refractivity contribution in [3.05, 3.63) is 34.4 Å². The number of nitrogens with one attached hydrogen (secondary N) is 1. The Morgan fingerprint density at radius 1 is 1.26 bits per heavy atom. The van der Waals surface area contributed by atoms with Crippen LogP contribution in [-0.2, 0) is 16.0 Å². The van der Waals surface area contributed by atoms with Crippen molar-refractivity contribution in [3.63, 3.8) is 0 Å². The van der Waals surface area contributed by atoms with Crippen LogP contribution in [0, 0.1) is 27.7 Å². The highest BCUT2D eigenvalue weighted by Gasteiger charge is 2.43. The van der Waals surface area contributed by atoms with Crippen molar-refractivity contribution < 1.29 is 14.7 Å². The molecular formula is C18H23N5O3S. The average molecular weight is 389 g/mol. The van der Waals surface area contributed by atoms with Gasteiger partial charge in [0.1, 0.15) is 5.54 Å². The van der Waals surface area contributed by atoms with Crippen LogP contribution in [-0.4, -0.2) is 53.8 Å². The fourth-order valence-electron chi connectivity index (χ4n) is 3.28. The monoisotopic (exact) mass is 389 g/mol. The summed E-state index contributed by atoms with van der Waals surface area (Å²) < 4.78 is 1.64. The zero-order valence-electron chi connectivity index (χ0n) is 15.9. The molecule has 9 heteroatoms. The molecule has 2 aromatic rings. The Morgan fingerprint density at radius 3 is 2.48 bits per heavy atom. The van der Waals surface area contributed by atoms with Crippen LogP contribution in [0.5, 0.6) is 0 Å². The van der Waals surface area contributed by atoms with E-state index < -0.39 is 11.5 Å². The van der Waals surface area contributed by atoms with E-state index in [4.69, 9.17) is 0 Å². The second-order valence-corrected chi connectivity index (χ2v) is 8.03. The Hall–Kier alpha value is -2.42. The van der Waals surface area contributed by atoms with Crippen molar-refractivity contribution in [2.24, 2.45) is 0 Å². The van der Waals surface area contributed by atoms with E-state index in [0.717, 1.165) is 28.4 Å². The number of carbonyl (C=O) groups excluding carboxylic acids is 1. The number of carbonyl (C=O) groups is 2. The number of aromatic nitrogens is 4. The fourth-order valence-corrected chi connectivity index (χ4v) is 4.61. The minimum atomic E-state index is -1.17. The molecule has 1 aliphatic rings. The Labute approximate surface area is 161 Å². The molecule has 144 valence electrons. The van der Waals surface area contributed by atoms with E-state index in [9.17, 15) is 14.7 Å². The van der Waals surface area contributed by atoms with Crippen molar-refractivity contribution in [1.29, 1.82) is 0 Å². The van der Waals surface area contributed by atoms with Crippen LogP contribution < -0.4 is 5.32 Å². The molecule has 0 spiro atoms. The lowest BCUT2D eigenvalue weighted by Crippen LogP contribution is -2.55. The van der Waals surface area contributed by atoms with E-state index in [0.29, 0.717) is 23.8 Å². The van der Waals surface area contributed by atoms with Gasteiger partial charge >= 0.3 is 5.97 Å². The molecule has 1 unspecified atom stereocenters. The van der Waals surface area contributed by atoms with E-state index in [1.165, 1.54) is 11.8 Å². The largest absolute Gasteiger partial charge is 0.479 e. The first kappa shape index (κ1) is 19.3. The smallest absolute Gasteiger partial charge is 0.330 e. The third-order valence-electron chi connectivity index (χ3n) is 4.75. The van der Waals surface area contributed by atoms with Crippen LogP contribution in [0.4, 0.5) is 0 Å². The number of hydrogen-bond acceptors (Lipinski definition) is 6. The molecule has 0 saturated carbocycles. The summed E-state index contributed by atoms with van der Waals surface area (Å²) in [6, 6.07) is 1.88. The van der Waals surface area contributed by atoms with Crippen molar-refractivity contribution >= 4 is 23.6 Å². The molecule has 2 N–H and O–H groups in total. The van der Waals surface area contributed by atoms with Gasteiger partial charge in [-0.25, -0.2) is 19.4 Å². The lowest BCUT2D eigenvalue weighted by molar-refractivity contribution is -0.146. The van der Waals surface area contributed by atoms with Gasteiger partial charge in [0.15, 0.2) is 0 Å². The molecule has 1 saturated heterocycles. The number of aliphatic carboxylic acids is 1. The van der Waals surface area contributed by atoms with Crippen LogP contribution in [0.1, 0.15) is 34.8 Å². The van der Waals surface area contributed by atoms with Crippen LogP contribution >= 0.6 is 11.8 Å². The van der Waals surface area contributed by atoms with E-state index >= 15 is 0 Å². The molecule has 1 aliphatic heterocycles. The maximum Gasteiger partial charge on any atom is 0.330 e. The summed E-state index contributed by atoms with van der Waals surface area (Å²) in [7, 11) is 0. The number of hydrogen-bond donors (Lipinski definition) is 2. The van der Waals surface area contributed by atoms with Crippen LogP contribution in [0.25, 0.3) is 5.95 Å². The summed E-state index contributed by atoms with van der Waals surface area (Å²) in [4.78, 5) is 33.1. The maximum atomic E-state index is 12.6. The summed E-state index contributed by atoms with van der Waals surface area (Å²) in [6.45, 7) is 7.47. The van der Waals surface area contributed by atoms with Gasteiger partial charge in [0.2, 0.25) is 5.91 Å². The van der Waals surface area contributed by atoms with Crippen LogP contribution in [0.15, 0.2) is 6.07 Å². The fraction of sp³-hybridized carbons (Fsp3) is 0.500. The van der Waals surface area contributed by atoms with Gasteiger partial charge in [-0.3, -0.25) is 4.79 Å². The van der Waals surface area contributed by atoms with Crippen molar-refractivity contribution in [3.8, 4) is 5.95 Å². The highest BCUT2D eigenvalue weighted by Crippen LogP contribution is 2.28. The predicted molar refractivity (Wildman–Crippen MR) is 102 cm³/mol. The minimum absolute atomic E-state index is 0.0716. The summed E-state index contributed by atoms with van der Waals surface area (Å²) in [5, 5.41) is 16.8. The van der Waals surface area contributed by atoms with Gasteiger partial charge in [0, 0.05) is 28.4 Å². The summed E-state index contributed by atoms with van der Waals surface area (Å²) in [5.41, 5.74) is 2.75.